The Morgan fingerprint density at radius 2 is 1.11 bits per heavy atom. The van der Waals surface area contributed by atoms with Crippen molar-refractivity contribution >= 4 is 96.8 Å². The second kappa shape index (κ2) is 41.9. The first-order valence-electron chi connectivity index (χ1n) is 23.0. The number of carbonyl (C=O) groups is 7. The summed E-state index contributed by atoms with van der Waals surface area (Å²) < 4.78 is 39.6. The maximum Gasteiger partial charge on any atom is 2.00 e. The van der Waals surface area contributed by atoms with Gasteiger partial charge in [-0.05, 0) is 67.8 Å². The van der Waals surface area contributed by atoms with Crippen molar-refractivity contribution in [2.24, 2.45) is 29.1 Å². The molecule has 0 aromatic heterocycles. The minimum atomic E-state index is -0.990. The molecule has 1 saturated carbocycles. The van der Waals surface area contributed by atoms with Gasteiger partial charge in [0.1, 0.15) is 29.4 Å². The number of carbonyl (C=O) groups excluding carboxylic acids is 7. The number of nitrogens with two attached hydrogens (primary N) is 1. The van der Waals surface area contributed by atoms with Crippen LogP contribution in [0.5, 0.6) is 23.0 Å². The summed E-state index contributed by atoms with van der Waals surface area (Å²) >= 11 is 11.1. The minimum Gasteiger partial charge on any atom is -0.693 e. The van der Waals surface area contributed by atoms with E-state index >= 15 is 0 Å². The molecule has 0 bridgehead atoms. The van der Waals surface area contributed by atoms with Crippen LogP contribution in [0.15, 0.2) is 121 Å². The first-order valence-corrected chi connectivity index (χ1v) is 26.6. The van der Waals surface area contributed by atoms with Crippen LogP contribution in [0, 0.1) is 36.0 Å². The number of cyclic esters (lactones) is 3. The average molecular weight is 1310 g/mol. The van der Waals surface area contributed by atoms with Crippen molar-refractivity contribution in [2.75, 3.05) is 32.3 Å². The normalized spacial score (nSPS) is 20.0. The van der Waals surface area contributed by atoms with Crippen LogP contribution in [0.2, 0.25) is 0 Å². The largest absolute Gasteiger partial charge is 2.00 e. The Balaban J connectivity index is 0. The summed E-state index contributed by atoms with van der Waals surface area (Å²) in [6.45, 7) is 11.4. The molecule has 4 aliphatic heterocycles. The fourth-order valence-electron chi connectivity index (χ4n) is 7.00. The molecule has 16 nitrogen and oxygen atoms in total. The van der Waals surface area contributed by atoms with Gasteiger partial charge in [0.25, 0.3) is 0 Å². The van der Waals surface area contributed by atoms with E-state index in [1.54, 1.807) is 136 Å². The van der Waals surface area contributed by atoms with E-state index in [9.17, 15) is 33.6 Å². The Labute approximate surface area is 513 Å². The van der Waals surface area contributed by atoms with E-state index in [4.69, 9.17) is 49.5 Å². The smallest absolute Gasteiger partial charge is 0.693 e. The fourth-order valence-corrected chi connectivity index (χ4v) is 7.17. The number of hydrogen-bond acceptors (Lipinski definition) is 15. The molecule has 9 rings (SSSR count). The first-order chi connectivity index (χ1) is 34.4. The van der Waals surface area contributed by atoms with Crippen molar-refractivity contribution < 1.29 is 131 Å². The molecular weight excluding hydrogens is 1240 g/mol. The summed E-state index contributed by atoms with van der Waals surface area (Å²) in [4.78, 5) is 80.4. The van der Waals surface area contributed by atoms with Gasteiger partial charge in [0.2, 0.25) is 0 Å². The fraction of sp³-hybridized carbons (Fsp3) is 0.396. The van der Waals surface area contributed by atoms with Crippen molar-refractivity contribution in [2.45, 2.75) is 71.8 Å². The van der Waals surface area contributed by atoms with Gasteiger partial charge in [0, 0.05) is 17.8 Å². The van der Waals surface area contributed by atoms with Gasteiger partial charge in [-0.3, -0.25) is 33.6 Å². The summed E-state index contributed by atoms with van der Waals surface area (Å²) in [6.07, 6.45) is 5.18. The molecule has 4 aromatic carbocycles. The van der Waals surface area contributed by atoms with Crippen LogP contribution in [-0.2, 0) is 65.3 Å². The molecule has 2 N–H and O–H groups in total. The van der Waals surface area contributed by atoms with Crippen molar-refractivity contribution in [3.8, 4) is 23.0 Å². The van der Waals surface area contributed by atoms with Crippen LogP contribution in [0.1, 0.15) is 65.7 Å². The second-order valence-electron chi connectivity index (χ2n) is 16.0. The predicted octanol–water partition coefficient (Wildman–Crippen LogP) is 3.97. The third-order valence-corrected chi connectivity index (χ3v) is 11.0. The number of hydrogen-bond donors (Lipinski definition) is 0. The Bertz CT molecular complexity index is 2220. The molecule has 4 saturated heterocycles. The molecule has 1 unspecified atom stereocenters. The minimum absolute atomic E-state index is 0. The summed E-state index contributed by atoms with van der Waals surface area (Å²) in [5.41, 5.74) is -0.990. The third-order valence-electron chi connectivity index (χ3n) is 10.7. The monoisotopic (exact) mass is 1300 g/mol. The summed E-state index contributed by atoms with van der Waals surface area (Å²) in [5, 5.41) is 0. The van der Waals surface area contributed by atoms with Crippen molar-refractivity contribution in [1.82, 2.24) is 0 Å². The van der Waals surface area contributed by atoms with Crippen molar-refractivity contribution in [3.63, 3.8) is 0 Å². The summed E-state index contributed by atoms with van der Waals surface area (Å²) in [6, 6.07) is 34.7. The topological polar surface area (TPSA) is 230 Å². The number of alkyl halides is 1. The number of halogens is 3. The number of para-hydroxylation sites is 4. The van der Waals surface area contributed by atoms with E-state index in [1.807, 2.05) is 19.1 Å². The van der Waals surface area contributed by atoms with E-state index in [2.05, 4.69) is 26.6 Å². The number of rotatable bonds is 13. The standard InChI is InChI=1S/C15H12O4.C14H16O4.C12H10O4.C7H12O2.C3H5ClO.C2H5.BrH.Cu.HI.Mg.H2N.Na/c16-14(18-12-7-3-1-4-8-12)11-15(17)19-13-9-5-2-6-10-13;1-2-6-10-9-17-13(15)12(10)14(16)18-11-7-4-3-5-8-11;13-10-12(6-8(12)7-15-10)11(14)16-9-4-2-1-3-5-9;1-2-3-6-4-7(8)9-5-6;4-1-3-2-5-3;1-2;;;;;;/h1-10H,11H2;3-5,7-8,10,12H,2,6,9H2,1H3;1-5,8H,6-7H2;6H,2-5H2,1H3;3H,1-2H2;1H2,2H3;1H;;1H;;1H2;/q;;;;;-1;;+1;;+2;-1;+1/p-2/t;10-,12?;8-,12+;6-;3-;;;;;;;/m.0010......./s1. The van der Waals surface area contributed by atoms with Gasteiger partial charge in [-0.1, -0.05) is 99.5 Å². The predicted molar refractivity (Wildman–Crippen MR) is 278 cm³/mol. The Morgan fingerprint density at radius 3 is 1.45 bits per heavy atom. The molecule has 404 valence electrons. The zero-order chi connectivity index (χ0) is 52.0. The molecule has 6 atom stereocenters. The maximum atomic E-state index is 12.0. The zero-order valence-corrected chi connectivity index (χ0v) is 51.3. The Hall–Kier alpha value is -3.12. The molecule has 75 heavy (non-hydrogen) atoms. The van der Waals surface area contributed by atoms with Gasteiger partial charge in [0.05, 0.1) is 44.8 Å². The third kappa shape index (κ3) is 26.9. The van der Waals surface area contributed by atoms with Crippen LogP contribution in [0.3, 0.4) is 0 Å². The van der Waals surface area contributed by atoms with Crippen LogP contribution in [-0.4, -0.2) is 103 Å². The van der Waals surface area contributed by atoms with Gasteiger partial charge >= 0.3 is 128 Å². The zero-order valence-electron chi connectivity index (χ0n) is 42.5. The Morgan fingerprint density at radius 1 is 0.667 bits per heavy atom. The number of benzene rings is 4. The number of epoxide rings is 1. The molecular formula is C53H62BrClCuIMgNNaO15. The van der Waals surface area contributed by atoms with Crippen LogP contribution >= 0.6 is 31.9 Å². The van der Waals surface area contributed by atoms with E-state index in [0.29, 0.717) is 73.6 Å². The van der Waals surface area contributed by atoms with Crippen LogP contribution < -0.4 is 65.5 Å². The molecule has 5 aliphatic rings. The molecule has 4 aromatic rings. The van der Waals surface area contributed by atoms with Crippen molar-refractivity contribution in [3.05, 3.63) is 134 Å². The molecule has 4 heterocycles. The van der Waals surface area contributed by atoms with Gasteiger partial charge in [-0.2, -0.15) is 6.92 Å². The second-order valence-corrected chi connectivity index (χ2v) is 16.3. The quantitative estimate of drug-likeness (QED) is 0.0212. The van der Waals surface area contributed by atoms with Crippen LogP contribution in [0.4, 0.5) is 0 Å². The SMILES string of the molecule is CCC[C@H]1COC(=O)C1.CCC[C@H]1COC(=O)C1C(=O)Oc1ccccc1.ClC[C@H]1CO1.O=C(CC(=O)Oc1ccccc1)Oc1ccccc1.O=C1OC[C@@H]2C[C@]12C(=O)Oc1ccccc1.[Br-].[CH2-]C.[Cu][I].[Mg+2].[NH2-].[Na+]. The summed E-state index contributed by atoms with van der Waals surface area (Å²) in [5.74, 6) is -1.10. The maximum absolute atomic E-state index is 12.0. The molecule has 5 fully saturated rings. The van der Waals surface area contributed by atoms with E-state index < -0.39 is 53.6 Å². The number of esters is 7. The summed E-state index contributed by atoms with van der Waals surface area (Å²) in [7, 11) is 0. The van der Waals surface area contributed by atoms with Crippen LogP contribution in [0.25, 0.3) is 6.15 Å². The molecule has 0 amide bonds. The number of ether oxygens (including phenoxy) is 8. The van der Waals surface area contributed by atoms with E-state index in [1.165, 1.54) is 0 Å². The molecule has 0 radical (unpaired) electrons. The first kappa shape index (κ1) is 73.9. The number of fused-ring (bicyclic) bond motifs is 1. The van der Waals surface area contributed by atoms with Gasteiger partial charge in [0.15, 0.2) is 11.3 Å². The van der Waals surface area contributed by atoms with E-state index in [0.717, 1.165) is 32.3 Å². The Kier molecular flexibility index (Phi) is 41.3. The average Bonchev–Trinajstić information content (AvgIpc) is 4.26. The molecule has 0 spiro atoms. The van der Waals surface area contributed by atoms with Gasteiger partial charge in [-0.25, -0.2) is 0 Å². The van der Waals surface area contributed by atoms with Gasteiger partial charge < -0.3 is 68.0 Å². The van der Waals surface area contributed by atoms with Crippen molar-refractivity contribution in [1.29, 1.82) is 0 Å². The molecule has 1 aliphatic carbocycles. The van der Waals surface area contributed by atoms with E-state index in [-0.39, 0.29) is 93.5 Å². The molecule has 22 heteroatoms. The van der Waals surface area contributed by atoms with Gasteiger partial charge in [-0.15, -0.1) is 11.6 Å².